The second kappa shape index (κ2) is 23.3. The lowest BCUT2D eigenvalue weighted by atomic mass is 9.62. The highest BCUT2D eigenvalue weighted by Crippen LogP contribution is 2.64. The highest BCUT2D eigenvalue weighted by molar-refractivity contribution is 6.44. The molecule has 0 saturated carbocycles. The van der Waals surface area contributed by atoms with Gasteiger partial charge in [0.2, 0.25) is 0 Å². The highest BCUT2D eigenvalue weighted by Gasteiger charge is 2.49. The first-order valence-corrected chi connectivity index (χ1v) is 38.6. The van der Waals surface area contributed by atoms with Crippen LogP contribution in [0.25, 0.3) is 144 Å². The quantitative estimate of drug-likeness (QED) is 0.0535. The van der Waals surface area contributed by atoms with Gasteiger partial charge in [-0.3, -0.25) is 19.2 Å². The molecular formula is C99H78N2O8. The third kappa shape index (κ3) is 8.77. The second-order valence-electron chi connectivity index (χ2n) is 33.0. The van der Waals surface area contributed by atoms with Crippen LogP contribution in [0, 0.1) is 18.8 Å². The fraction of sp³-hybridized carbons (Fsp3) is 0.212. The van der Waals surface area contributed by atoms with E-state index in [1.54, 1.807) is 0 Å². The molecule has 21 rings (SSSR count). The van der Waals surface area contributed by atoms with Gasteiger partial charge in [-0.2, -0.15) is 0 Å². The van der Waals surface area contributed by atoms with Crippen LogP contribution in [0.5, 0.6) is 0 Å². The summed E-state index contributed by atoms with van der Waals surface area (Å²) in [6, 6.07) is 49.9. The standard InChI is InChI=1S/C99H78N2O8/c1-45(2)76-33-58(60(41-102)42-103)34-77(46(3)4)94(76)100-96(106)73-25-21-64-62-14-17-68-80-37-54-29-50-10-12-52-31-56-39-82-70-19-16-66-67-23-27-75-92-84(99(109)101(98(75)108)95-78(47(5)6)35-59(61(43-104)44-105)36-79(95)48(7)8)28-49(9)85(93(67)92)72-24-20-71(89(70)90(66)72)83(82)40-57(56)32-53(52)13-11-51(50)30-55(54)38-81(80)69-18-15-63(86(62)88(68)69)65-22-26-74(97(100)107)91(73)87(64)65/h10-40,45-48,60-61,89-90,102-105H,41-44H2,1-9H3. The van der Waals surface area contributed by atoms with Gasteiger partial charge in [0.15, 0.2) is 0 Å². The van der Waals surface area contributed by atoms with E-state index in [2.05, 4.69) is 174 Å². The molecule has 2 unspecified atom stereocenters. The van der Waals surface area contributed by atoms with Crippen LogP contribution in [0.4, 0.5) is 11.4 Å². The molecule has 10 heteroatoms. The molecule has 8 aliphatic rings. The van der Waals surface area contributed by atoms with Gasteiger partial charge < -0.3 is 20.4 Å². The molecule has 109 heavy (non-hydrogen) atoms. The minimum absolute atomic E-state index is 0.0335. The van der Waals surface area contributed by atoms with Gasteiger partial charge in [-0.15, -0.1) is 0 Å². The minimum atomic E-state index is -0.490. The largest absolute Gasteiger partial charge is 0.396 e. The van der Waals surface area contributed by atoms with Gasteiger partial charge in [0.1, 0.15) is 0 Å². The Kier molecular flexibility index (Phi) is 14.0. The fourth-order valence-corrected chi connectivity index (χ4v) is 20.6. The number of aryl methyl sites for hydroxylation is 1. The van der Waals surface area contributed by atoms with Crippen molar-refractivity contribution in [1.29, 1.82) is 0 Å². The number of aliphatic hydroxyl groups excluding tert-OH is 4. The van der Waals surface area contributed by atoms with Gasteiger partial charge in [0.05, 0.1) is 37.8 Å². The molecule has 0 aromatic heterocycles. The van der Waals surface area contributed by atoms with Crippen LogP contribution in [0.1, 0.15) is 216 Å². The molecule has 13 aromatic rings. The van der Waals surface area contributed by atoms with Gasteiger partial charge in [-0.1, -0.05) is 171 Å². The molecule has 532 valence electrons. The van der Waals surface area contributed by atoms with Gasteiger partial charge >= 0.3 is 0 Å². The van der Waals surface area contributed by atoms with Crippen LogP contribution >= 0.6 is 0 Å². The van der Waals surface area contributed by atoms with Crippen LogP contribution in [0.15, 0.2) is 164 Å². The number of benzene rings is 13. The van der Waals surface area contributed by atoms with E-state index in [1.165, 1.54) is 87.0 Å². The first-order valence-electron chi connectivity index (χ1n) is 38.6. The van der Waals surface area contributed by atoms with E-state index in [-0.39, 0.29) is 85.6 Å². The normalized spacial score (nSPS) is 16.9. The molecule has 13 aromatic carbocycles. The van der Waals surface area contributed by atoms with Gasteiger partial charge in [0.25, 0.3) is 23.6 Å². The number of amides is 4. The van der Waals surface area contributed by atoms with Crippen LogP contribution in [0.2, 0.25) is 0 Å². The summed E-state index contributed by atoms with van der Waals surface area (Å²) in [5, 5.41) is 55.5. The average Bonchev–Trinajstić information content (AvgIpc) is 1.67. The van der Waals surface area contributed by atoms with E-state index in [4.69, 9.17) is 0 Å². The van der Waals surface area contributed by atoms with Crippen LogP contribution in [-0.4, -0.2) is 70.5 Å². The minimum Gasteiger partial charge on any atom is -0.396 e. The fourth-order valence-electron chi connectivity index (χ4n) is 20.6. The molecule has 2 atom stereocenters. The number of carbonyl (C=O) groups is 4. The summed E-state index contributed by atoms with van der Waals surface area (Å²) in [5.41, 5.74) is 28.1. The first kappa shape index (κ1) is 65.8. The molecule has 0 radical (unpaired) electrons. The summed E-state index contributed by atoms with van der Waals surface area (Å²) in [6.07, 6.45) is 18.4. The first-order chi connectivity index (χ1) is 52.8. The Bertz CT molecular complexity index is 6600. The lowest BCUT2D eigenvalue weighted by Gasteiger charge is -2.41. The highest BCUT2D eigenvalue weighted by atomic mass is 16.3. The molecule has 4 N–H and O–H groups in total. The third-order valence-corrected chi connectivity index (χ3v) is 25.9. The van der Waals surface area contributed by atoms with E-state index in [0.29, 0.717) is 44.4 Å². The Morgan fingerprint density at radius 1 is 0.312 bits per heavy atom. The van der Waals surface area contributed by atoms with Gasteiger partial charge in [-0.25, -0.2) is 9.80 Å². The molecule has 0 bridgehead atoms. The smallest absolute Gasteiger partial charge is 0.266 e. The number of carbonyl (C=O) groups excluding carboxylic acids is 4. The zero-order valence-electron chi connectivity index (χ0n) is 62.2. The van der Waals surface area contributed by atoms with E-state index >= 15 is 19.2 Å². The van der Waals surface area contributed by atoms with E-state index in [1.807, 2.05) is 76.2 Å². The summed E-state index contributed by atoms with van der Waals surface area (Å²) in [7, 11) is 0. The number of fused-ring (bicyclic) bond motifs is 14. The number of nitrogens with zero attached hydrogens (tertiary/aromatic N) is 2. The van der Waals surface area contributed by atoms with Gasteiger partial charge in [0, 0.05) is 56.7 Å². The summed E-state index contributed by atoms with van der Waals surface area (Å²) in [4.78, 5) is 64.1. The Labute approximate surface area is 630 Å². The van der Waals surface area contributed by atoms with Crippen molar-refractivity contribution in [3.8, 4) is 22.3 Å². The third-order valence-electron chi connectivity index (χ3n) is 25.9. The molecule has 2 aliphatic heterocycles. The SMILES string of the molecule is Cc1cc2c3c(ccc4c3c1C1=CC=C3c5cc6cc7c(cc6cc5C5=CC=C4C1C53)C=Cc1cc3cc4c(cc3cc1C=C7)-c1ccc3c5ccc6c7c(ccc(c8ccc-4c1c83)c75)C(=O)N(c1c(C(C)C)cc(C(CO)CO)cc1C(C)C)C6=O)C(=O)N(c1c(C(C)C)cc(C(CO)CO)cc1C(C)C)C2=O. The van der Waals surface area contributed by atoms with Crippen LogP contribution in [-0.2, 0) is 0 Å². The molecular weight excluding hydrogens is 1350 g/mol. The van der Waals surface area contributed by atoms with Crippen molar-refractivity contribution in [2.45, 2.75) is 97.8 Å². The monoisotopic (exact) mass is 1420 g/mol. The van der Waals surface area contributed by atoms with E-state index in [0.717, 1.165) is 115 Å². The number of hydrogen-bond acceptors (Lipinski definition) is 8. The number of aliphatic hydroxyl groups is 4. The van der Waals surface area contributed by atoms with Crippen LogP contribution in [0.3, 0.4) is 0 Å². The van der Waals surface area contributed by atoms with Crippen molar-refractivity contribution < 1.29 is 39.6 Å². The molecule has 4 amide bonds. The van der Waals surface area contributed by atoms with E-state index in [9.17, 15) is 20.4 Å². The molecule has 0 saturated heterocycles. The zero-order valence-corrected chi connectivity index (χ0v) is 62.2. The molecule has 10 nitrogen and oxygen atoms in total. The molecule has 6 aliphatic carbocycles. The Balaban J connectivity index is 0.612. The van der Waals surface area contributed by atoms with Crippen molar-refractivity contribution >= 4 is 157 Å². The lowest BCUT2D eigenvalue weighted by Crippen LogP contribution is -2.42. The number of rotatable bonds is 12. The second-order valence-corrected chi connectivity index (χ2v) is 33.0. The Morgan fingerprint density at radius 2 is 0.615 bits per heavy atom. The number of anilines is 2. The van der Waals surface area contributed by atoms with Crippen molar-refractivity contribution in [2.75, 3.05) is 36.2 Å². The maximum absolute atomic E-state index is 15.4. The summed E-state index contributed by atoms with van der Waals surface area (Å²) >= 11 is 0. The predicted molar refractivity (Wildman–Crippen MR) is 444 cm³/mol. The number of imide groups is 2. The predicted octanol–water partition coefficient (Wildman–Crippen LogP) is 21.6. The summed E-state index contributed by atoms with van der Waals surface area (Å²) in [6.45, 7) is 17.6. The topological polar surface area (TPSA) is 156 Å². The number of hydrogen-bond donors (Lipinski definition) is 4. The maximum atomic E-state index is 15.4. The Hall–Kier alpha value is -11.5. The molecule has 0 fully saturated rings. The van der Waals surface area contributed by atoms with Crippen LogP contribution < -0.4 is 9.80 Å². The average molecular weight is 1420 g/mol. The van der Waals surface area contributed by atoms with Gasteiger partial charge in [-0.05, 0) is 296 Å². The van der Waals surface area contributed by atoms with Crippen molar-refractivity contribution in [1.82, 2.24) is 0 Å². The zero-order chi connectivity index (χ0) is 74.7. The molecule has 0 spiro atoms. The molecule has 2 heterocycles. The Morgan fingerprint density at radius 3 is 0.991 bits per heavy atom. The van der Waals surface area contributed by atoms with Crippen molar-refractivity contribution in [2.24, 2.45) is 11.8 Å². The lowest BCUT2D eigenvalue weighted by molar-refractivity contribution is 0.0877. The maximum Gasteiger partial charge on any atom is 0.266 e. The van der Waals surface area contributed by atoms with Crippen molar-refractivity contribution in [3.63, 3.8) is 0 Å². The number of allylic oxidation sites excluding steroid dienone is 8. The van der Waals surface area contributed by atoms with Crippen molar-refractivity contribution in [3.05, 3.63) is 270 Å². The van der Waals surface area contributed by atoms with E-state index < -0.39 is 11.8 Å². The summed E-state index contributed by atoms with van der Waals surface area (Å²) < 4.78 is 0. The summed E-state index contributed by atoms with van der Waals surface area (Å²) in [5.74, 6) is -2.55.